The minimum atomic E-state index is -2.09. The first-order chi connectivity index (χ1) is 14.3. The van der Waals surface area contributed by atoms with Crippen LogP contribution in [0.15, 0.2) is 24.3 Å². The topological polar surface area (TPSA) is 112 Å². The summed E-state index contributed by atoms with van der Waals surface area (Å²) >= 11 is 0. The Morgan fingerprint density at radius 1 is 1.16 bits per heavy atom. The summed E-state index contributed by atoms with van der Waals surface area (Å²) in [4.78, 5) is 23.3. The van der Waals surface area contributed by atoms with Gasteiger partial charge in [-0.05, 0) is 35.8 Å². The van der Waals surface area contributed by atoms with Gasteiger partial charge in [0.1, 0.15) is 30.2 Å². The van der Waals surface area contributed by atoms with Gasteiger partial charge in [0.15, 0.2) is 6.10 Å². The molecule has 0 aliphatic carbocycles. The van der Waals surface area contributed by atoms with Crippen LogP contribution in [0.4, 0.5) is 0 Å². The highest BCUT2D eigenvalue weighted by Gasteiger charge is 2.48. The summed E-state index contributed by atoms with van der Waals surface area (Å²) in [6.07, 6.45) is -6.18. The van der Waals surface area contributed by atoms with Crippen molar-refractivity contribution in [1.82, 2.24) is 0 Å². The smallest absolute Gasteiger partial charge is 0.308 e. The fraction of sp³-hybridized carbons (Fsp3) is 0.636. The first-order valence-electron chi connectivity index (χ1n) is 10.3. The van der Waals surface area contributed by atoms with E-state index in [2.05, 4.69) is 33.9 Å². The van der Waals surface area contributed by atoms with Crippen molar-refractivity contribution < 1.29 is 38.4 Å². The van der Waals surface area contributed by atoms with E-state index in [0.717, 1.165) is 0 Å². The highest BCUT2D eigenvalue weighted by molar-refractivity contribution is 6.74. The Morgan fingerprint density at radius 2 is 1.81 bits per heavy atom. The molecule has 0 unspecified atom stereocenters. The molecule has 0 bridgehead atoms. The molecule has 2 N–H and O–H groups in total. The normalized spacial score (nSPS) is 26.8. The number of ether oxygens (including phenoxy) is 3. The largest absolute Gasteiger partial charge is 0.543 e. The summed E-state index contributed by atoms with van der Waals surface area (Å²) in [6.45, 7) is 11.9. The van der Waals surface area contributed by atoms with Crippen LogP contribution < -0.4 is 4.43 Å². The Bertz CT molecular complexity index is 788. The van der Waals surface area contributed by atoms with E-state index < -0.39 is 50.8 Å². The van der Waals surface area contributed by atoms with E-state index in [1.807, 2.05) is 6.07 Å². The third-order valence-electron chi connectivity index (χ3n) is 5.95. The molecule has 2 rings (SSSR count). The van der Waals surface area contributed by atoms with Crippen molar-refractivity contribution in [3.8, 4) is 5.75 Å². The third-order valence-corrected chi connectivity index (χ3v) is 10.3. The lowest BCUT2D eigenvalue weighted by Crippen LogP contribution is -2.56. The lowest BCUT2D eigenvalue weighted by molar-refractivity contribution is -0.236. The molecule has 1 fully saturated rings. The predicted octanol–water partition coefficient (Wildman–Crippen LogP) is 2.73. The molecule has 0 saturated carbocycles. The molecule has 0 amide bonds. The van der Waals surface area contributed by atoms with Gasteiger partial charge in [-0.25, -0.2) is 0 Å². The van der Waals surface area contributed by atoms with Crippen LogP contribution in [0, 0.1) is 0 Å². The van der Waals surface area contributed by atoms with Crippen molar-refractivity contribution in [3.05, 3.63) is 29.8 Å². The molecular weight excluding hydrogens is 420 g/mol. The summed E-state index contributed by atoms with van der Waals surface area (Å²) in [5.74, 6) is -0.599. The van der Waals surface area contributed by atoms with E-state index in [1.165, 1.54) is 14.0 Å². The number of carbonyl (C=O) groups excluding carboxylic acids is 2. The van der Waals surface area contributed by atoms with E-state index in [-0.39, 0.29) is 11.5 Å². The molecule has 1 aromatic rings. The first-order valence-corrected chi connectivity index (χ1v) is 13.2. The number of benzene rings is 1. The number of methoxy groups -OCH3 is 1. The third kappa shape index (κ3) is 6.06. The summed E-state index contributed by atoms with van der Waals surface area (Å²) < 4.78 is 22.1. The predicted molar refractivity (Wildman–Crippen MR) is 116 cm³/mol. The van der Waals surface area contributed by atoms with Crippen LogP contribution in [0.3, 0.4) is 0 Å². The van der Waals surface area contributed by atoms with Crippen LogP contribution in [0.25, 0.3) is 0 Å². The summed E-state index contributed by atoms with van der Waals surface area (Å²) in [7, 11) is -0.857. The van der Waals surface area contributed by atoms with E-state index in [0.29, 0.717) is 11.3 Å². The Morgan fingerprint density at radius 3 is 2.35 bits per heavy atom. The van der Waals surface area contributed by atoms with Crippen LogP contribution in [0.5, 0.6) is 5.75 Å². The minimum Gasteiger partial charge on any atom is -0.543 e. The Balaban J connectivity index is 2.33. The number of esters is 2. The number of aliphatic hydroxyl groups is 2. The van der Waals surface area contributed by atoms with Crippen LogP contribution in [-0.2, 0) is 23.8 Å². The zero-order chi connectivity index (χ0) is 23.6. The van der Waals surface area contributed by atoms with Gasteiger partial charge in [-0.3, -0.25) is 9.59 Å². The van der Waals surface area contributed by atoms with Crippen molar-refractivity contribution >= 4 is 20.3 Å². The average molecular weight is 455 g/mol. The Labute approximate surface area is 184 Å². The van der Waals surface area contributed by atoms with Gasteiger partial charge in [-0.2, -0.15) is 0 Å². The van der Waals surface area contributed by atoms with E-state index in [4.69, 9.17) is 18.6 Å². The Hall–Kier alpha value is -1.94. The fourth-order valence-corrected chi connectivity index (χ4v) is 4.19. The number of hydrogen-bond donors (Lipinski definition) is 2. The molecule has 1 aliphatic rings. The van der Waals surface area contributed by atoms with Crippen molar-refractivity contribution in [1.29, 1.82) is 0 Å². The van der Waals surface area contributed by atoms with Crippen LogP contribution in [0.1, 0.15) is 45.8 Å². The second-order valence-electron chi connectivity index (χ2n) is 9.37. The maximum absolute atomic E-state index is 11.8. The van der Waals surface area contributed by atoms with Crippen molar-refractivity contribution in [3.63, 3.8) is 0 Å². The van der Waals surface area contributed by atoms with E-state index >= 15 is 0 Å². The number of hydrogen-bond acceptors (Lipinski definition) is 8. The molecule has 9 heteroatoms. The van der Waals surface area contributed by atoms with Gasteiger partial charge in [0.25, 0.3) is 0 Å². The molecule has 1 saturated heterocycles. The van der Waals surface area contributed by atoms with Gasteiger partial charge < -0.3 is 28.8 Å². The van der Waals surface area contributed by atoms with Crippen molar-refractivity contribution in [2.45, 2.75) is 82.8 Å². The molecule has 174 valence electrons. The van der Waals surface area contributed by atoms with E-state index in [1.54, 1.807) is 18.2 Å². The lowest BCUT2D eigenvalue weighted by Gasteiger charge is -2.42. The number of aliphatic hydroxyl groups excluding tert-OH is 2. The second-order valence-corrected chi connectivity index (χ2v) is 14.1. The quantitative estimate of drug-likeness (QED) is 0.499. The SMILES string of the molecule is COC(=O)C[C@H]1O[C@H](c2cccc(O[Si](C)(C)C(C)(C)C)c2)[C@@H](O)[C@@H](O)[C@@H]1OC(C)=O. The summed E-state index contributed by atoms with van der Waals surface area (Å²) in [5.41, 5.74) is 0.582. The average Bonchev–Trinajstić information content (AvgIpc) is 2.66. The standard InChI is InChI=1S/C22H34O8Si/c1-13(23)28-21-16(12-17(24)27-5)29-20(18(25)19(21)26)14-9-8-10-15(11-14)30-31(6,7)22(2,3)4/h8-11,16,18-21,25-26H,12H2,1-7H3/t16-,18+,19-,20-,21-/m1/s1. The molecular formula is C22H34O8Si. The van der Waals surface area contributed by atoms with Gasteiger partial charge in [0.05, 0.1) is 13.5 Å². The summed E-state index contributed by atoms with van der Waals surface area (Å²) in [6, 6.07) is 7.14. The molecule has 0 spiro atoms. The molecule has 8 nitrogen and oxygen atoms in total. The highest BCUT2D eigenvalue weighted by Crippen LogP contribution is 2.39. The lowest BCUT2D eigenvalue weighted by atomic mass is 9.89. The monoisotopic (exact) mass is 454 g/mol. The van der Waals surface area contributed by atoms with Crippen molar-refractivity contribution in [2.75, 3.05) is 7.11 Å². The van der Waals surface area contributed by atoms with Gasteiger partial charge in [-0.1, -0.05) is 32.9 Å². The second kappa shape index (κ2) is 9.68. The maximum atomic E-state index is 11.8. The zero-order valence-corrected chi connectivity index (χ0v) is 20.2. The molecule has 1 aromatic carbocycles. The van der Waals surface area contributed by atoms with Gasteiger partial charge in [-0.15, -0.1) is 0 Å². The molecule has 1 aliphatic heterocycles. The molecule has 5 atom stereocenters. The van der Waals surface area contributed by atoms with Crippen molar-refractivity contribution in [2.24, 2.45) is 0 Å². The highest BCUT2D eigenvalue weighted by atomic mass is 28.4. The molecule has 0 aromatic heterocycles. The van der Waals surface area contributed by atoms with Crippen LogP contribution >= 0.6 is 0 Å². The van der Waals surface area contributed by atoms with Crippen LogP contribution in [-0.4, -0.2) is 62.0 Å². The maximum Gasteiger partial charge on any atom is 0.308 e. The van der Waals surface area contributed by atoms with E-state index in [9.17, 15) is 19.8 Å². The molecule has 1 heterocycles. The number of carbonyl (C=O) groups is 2. The molecule has 31 heavy (non-hydrogen) atoms. The number of rotatable bonds is 6. The summed E-state index contributed by atoms with van der Waals surface area (Å²) in [5, 5.41) is 21.4. The molecule has 0 radical (unpaired) electrons. The van der Waals surface area contributed by atoms with Gasteiger partial charge >= 0.3 is 11.9 Å². The van der Waals surface area contributed by atoms with Gasteiger partial charge in [0.2, 0.25) is 8.32 Å². The Kier molecular flexibility index (Phi) is 7.91. The zero-order valence-electron chi connectivity index (χ0n) is 19.2. The first kappa shape index (κ1) is 25.3. The fourth-order valence-electron chi connectivity index (χ4n) is 3.17. The van der Waals surface area contributed by atoms with Crippen LogP contribution in [0.2, 0.25) is 18.1 Å². The van der Waals surface area contributed by atoms with Gasteiger partial charge in [0, 0.05) is 6.92 Å². The minimum absolute atomic E-state index is 0.00289.